The summed E-state index contributed by atoms with van der Waals surface area (Å²) in [6.07, 6.45) is 1.58. The van der Waals surface area contributed by atoms with E-state index in [1.165, 1.54) is 0 Å². The molecule has 2 aromatic rings. The van der Waals surface area contributed by atoms with Crippen LogP contribution in [0.3, 0.4) is 0 Å². The average molecular weight is 367 g/mol. The number of carbonyl (C=O) groups is 1. The van der Waals surface area contributed by atoms with Crippen molar-refractivity contribution in [1.82, 2.24) is 4.98 Å². The van der Waals surface area contributed by atoms with E-state index in [1.807, 2.05) is 31.3 Å². The summed E-state index contributed by atoms with van der Waals surface area (Å²) in [4.78, 5) is 20.7. The summed E-state index contributed by atoms with van der Waals surface area (Å²) < 4.78 is 0.734. The van der Waals surface area contributed by atoms with Crippen molar-refractivity contribution >= 4 is 44.8 Å². The molecule has 1 aliphatic rings. The molecule has 3 rings (SSSR count). The molecule has 0 aliphatic carbocycles. The Morgan fingerprint density at radius 2 is 2.00 bits per heavy atom. The Morgan fingerprint density at radius 3 is 2.76 bits per heavy atom. The Balaban J connectivity index is 2.03. The molecule has 0 N–H and O–H groups in total. The second kappa shape index (κ2) is 5.66. The first-order valence-electron chi connectivity index (χ1n) is 6.51. The van der Waals surface area contributed by atoms with Crippen LogP contribution in [0.25, 0.3) is 0 Å². The van der Waals surface area contributed by atoms with E-state index in [4.69, 9.17) is 11.6 Å². The van der Waals surface area contributed by atoms with Gasteiger partial charge < -0.3 is 9.80 Å². The van der Waals surface area contributed by atoms with Gasteiger partial charge in [-0.2, -0.15) is 0 Å². The first-order valence-corrected chi connectivity index (χ1v) is 7.68. The van der Waals surface area contributed by atoms with Gasteiger partial charge in [0.25, 0.3) is 5.91 Å². The lowest BCUT2D eigenvalue weighted by molar-refractivity contribution is 0.0986. The Morgan fingerprint density at radius 1 is 1.29 bits per heavy atom. The number of rotatable bonds is 1. The quantitative estimate of drug-likeness (QED) is 0.724. The lowest BCUT2D eigenvalue weighted by Crippen LogP contribution is -2.42. The molecule has 1 aliphatic heterocycles. The van der Waals surface area contributed by atoms with Gasteiger partial charge in [0.1, 0.15) is 5.15 Å². The van der Waals surface area contributed by atoms with E-state index >= 15 is 0 Å². The SMILES string of the molecule is CN1CCN(C(=O)c2cc(Br)cnc2Cl)c2ccccc21. The highest BCUT2D eigenvalue weighted by molar-refractivity contribution is 9.10. The van der Waals surface area contributed by atoms with Gasteiger partial charge >= 0.3 is 0 Å². The lowest BCUT2D eigenvalue weighted by Gasteiger charge is -2.35. The van der Waals surface area contributed by atoms with Crippen LogP contribution < -0.4 is 9.80 Å². The van der Waals surface area contributed by atoms with Gasteiger partial charge in [0.2, 0.25) is 0 Å². The fraction of sp³-hybridized carbons (Fsp3) is 0.200. The molecule has 0 spiro atoms. The van der Waals surface area contributed by atoms with Crippen LogP contribution in [0.2, 0.25) is 5.15 Å². The minimum Gasteiger partial charge on any atom is -0.371 e. The standard InChI is InChI=1S/C15H13BrClN3O/c1-19-6-7-20(13-5-3-2-4-12(13)19)15(21)11-8-10(16)9-18-14(11)17/h2-5,8-9H,6-7H2,1H3. The Hall–Kier alpha value is -1.59. The molecule has 0 radical (unpaired) electrons. The van der Waals surface area contributed by atoms with E-state index < -0.39 is 0 Å². The molecular formula is C15H13BrClN3O. The number of hydrogen-bond acceptors (Lipinski definition) is 3. The third-order valence-electron chi connectivity index (χ3n) is 3.52. The molecule has 0 bridgehead atoms. The number of likely N-dealkylation sites (N-methyl/N-ethyl adjacent to an activating group) is 1. The number of pyridine rings is 1. The molecule has 108 valence electrons. The minimum absolute atomic E-state index is 0.130. The van der Waals surface area contributed by atoms with Gasteiger partial charge in [-0.3, -0.25) is 4.79 Å². The second-order valence-electron chi connectivity index (χ2n) is 4.86. The number of hydrogen-bond donors (Lipinski definition) is 0. The zero-order valence-electron chi connectivity index (χ0n) is 11.4. The number of para-hydroxylation sites is 2. The van der Waals surface area contributed by atoms with Crippen LogP contribution in [0.4, 0.5) is 11.4 Å². The predicted molar refractivity (Wildman–Crippen MR) is 88.3 cm³/mol. The highest BCUT2D eigenvalue weighted by atomic mass is 79.9. The molecule has 1 amide bonds. The van der Waals surface area contributed by atoms with Crippen molar-refractivity contribution in [2.75, 3.05) is 29.9 Å². The molecule has 0 saturated heterocycles. The molecule has 21 heavy (non-hydrogen) atoms. The van der Waals surface area contributed by atoms with E-state index in [2.05, 4.69) is 25.8 Å². The van der Waals surface area contributed by atoms with E-state index in [0.29, 0.717) is 12.1 Å². The number of carbonyl (C=O) groups excluding carboxylic acids is 1. The predicted octanol–water partition coefficient (Wildman–Crippen LogP) is 3.59. The van der Waals surface area contributed by atoms with Gasteiger partial charge in [0.05, 0.1) is 16.9 Å². The number of aromatic nitrogens is 1. The van der Waals surface area contributed by atoms with Crippen LogP contribution in [-0.4, -0.2) is 31.0 Å². The fourth-order valence-corrected chi connectivity index (χ4v) is 2.95. The smallest absolute Gasteiger partial charge is 0.261 e. The van der Waals surface area contributed by atoms with Crippen LogP contribution >= 0.6 is 27.5 Å². The number of nitrogens with zero attached hydrogens (tertiary/aromatic N) is 3. The Bertz CT molecular complexity index is 707. The van der Waals surface area contributed by atoms with Crippen molar-refractivity contribution in [1.29, 1.82) is 0 Å². The van der Waals surface area contributed by atoms with Crippen molar-refractivity contribution in [3.05, 3.63) is 51.7 Å². The van der Waals surface area contributed by atoms with Crippen molar-refractivity contribution < 1.29 is 4.79 Å². The molecule has 1 aromatic carbocycles. The molecule has 0 fully saturated rings. The fourth-order valence-electron chi connectivity index (χ4n) is 2.44. The van der Waals surface area contributed by atoms with Gasteiger partial charge in [-0.05, 0) is 34.1 Å². The molecule has 6 heteroatoms. The third-order valence-corrected chi connectivity index (χ3v) is 4.26. The van der Waals surface area contributed by atoms with Gasteiger partial charge in [0, 0.05) is 30.8 Å². The van der Waals surface area contributed by atoms with E-state index in [-0.39, 0.29) is 11.1 Å². The molecule has 1 aromatic heterocycles. The highest BCUT2D eigenvalue weighted by Crippen LogP contribution is 2.33. The summed E-state index contributed by atoms with van der Waals surface area (Å²) >= 11 is 9.41. The van der Waals surface area contributed by atoms with Gasteiger partial charge in [0.15, 0.2) is 0 Å². The van der Waals surface area contributed by atoms with Gasteiger partial charge in [-0.1, -0.05) is 23.7 Å². The number of amides is 1. The monoisotopic (exact) mass is 365 g/mol. The van der Waals surface area contributed by atoms with Crippen molar-refractivity contribution in [3.63, 3.8) is 0 Å². The molecule has 2 heterocycles. The Kier molecular flexibility index (Phi) is 3.87. The lowest BCUT2D eigenvalue weighted by atomic mass is 10.1. The summed E-state index contributed by atoms with van der Waals surface area (Å²) in [7, 11) is 2.02. The van der Waals surface area contributed by atoms with Crippen molar-refractivity contribution in [2.45, 2.75) is 0 Å². The first kappa shape index (κ1) is 14.4. The number of benzene rings is 1. The summed E-state index contributed by atoms with van der Waals surface area (Å²) in [5.74, 6) is -0.130. The molecule has 0 unspecified atom stereocenters. The van der Waals surface area contributed by atoms with E-state index in [0.717, 1.165) is 22.4 Å². The minimum atomic E-state index is -0.130. The van der Waals surface area contributed by atoms with Crippen LogP contribution in [0.15, 0.2) is 41.0 Å². The highest BCUT2D eigenvalue weighted by Gasteiger charge is 2.27. The van der Waals surface area contributed by atoms with Crippen LogP contribution in [0, 0.1) is 0 Å². The van der Waals surface area contributed by atoms with E-state index in [1.54, 1.807) is 17.2 Å². The zero-order chi connectivity index (χ0) is 15.0. The molecule has 0 atom stereocenters. The molecular weight excluding hydrogens is 354 g/mol. The van der Waals surface area contributed by atoms with Crippen LogP contribution in [0.5, 0.6) is 0 Å². The maximum atomic E-state index is 12.8. The van der Waals surface area contributed by atoms with Gasteiger partial charge in [-0.15, -0.1) is 0 Å². The Labute approximate surface area is 136 Å². The van der Waals surface area contributed by atoms with Crippen molar-refractivity contribution in [3.8, 4) is 0 Å². The topological polar surface area (TPSA) is 36.4 Å². The number of anilines is 2. The number of fused-ring (bicyclic) bond motifs is 1. The maximum Gasteiger partial charge on any atom is 0.261 e. The summed E-state index contributed by atoms with van der Waals surface area (Å²) in [6.45, 7) is 1.40. The second-order valence-corrected chi connectivity index (χ2v) is 6.13. The van der Waals surface area contributed by atoms with Crippen molar-refractivity contribution in [2.24, 2.45) is 0 Å². The maximum absolute atomic E-state index is 12.8. The normalized spacial score (nSPS) is 14.0. The largest absolute Gasteiger partial charge is 0.371 e. The van der Waals surface area contributed by atoms with Crippen LogP contribution in [-0.2, 0) is 0 Å². The number of halogens is 2. The summed E-state index contributed by atoms with van der Waals surface area (Å²) in [5, 5.41) is 0.222. The first-order chi connectivity index (χ1) is 10.1. The van der Waals surface area contributed by atoms with Crippen LogP contribution in [0.1, 0.15) is 10.4 Å². The average Bonchev–Trinajstić information content (AvgIpc) is 2.50. The molecule has 0 saturated carbocycles. The zero-order valence-corrected chi connectivity index (χ0v) is 13.7. The van der Waals surface area contributed by atoms with E-state index in [9.17, 15) is 4.79 Å². The van der Waals surface area contributed by atoms with Gasteiger partial charge in [-0.25, -0.2) is 4.98 Å². The summed E-state index contributed by atoms with van der Waals surface area (Å²) in [5.41, 5.74) is 2.34. The molecule has 4 nitrogen and oxygen atoms in total. The summed E-state index contributed by atoms with van der Waals surface area (Å²) in [6, 6.07) is 9.56. The third kappa shape index (κ3) is 2.63.